The predicted molar refractivity (Wildman–Crippen MR) is 66.0 cm³/mol. The van der Waals surface area contributed by atoms with Crippen molar-refractivity contribution in [2.24, 2.45) is 4.99 Å². The molecule has 1 aliphatic heterocycles. The van der Waals surface area contributed by atoms with E-state index >= 15 is 0 Å². The van der Waals surface area contributed by atoms with Crippen molar-refractivity contribution in [3.63, 3.8) is 0 Å². The van der Waals surface area contributed by atoms with E-state index in [1.807, 2.05) is 37.3 Å². The van der Waals surface area contributed by atoms with Gasteiger partial charge < -0.3 is 10.4 Å². The molecular formula is C13H14N2O2. The lowest BCUT2D eigenvalue weighted by atomic mass is 10.1. The molecule has 2 rings (SSSR count). The van der Waals surface area contributed by atoms with Crippen LogP contribution in [0.5, 0.6) is 0 Å². The van der Waals surface area contributed by atoms with Crippen molar-refractivity contribution >= 4 is 12.1 Å². The van der Waals surface area contributed by atoms with Gasteiger partial charge >= 0.3 is 0 Å². The Bertz CT molecular complexity index is 477. The Balaban J connectivity index is 2.12. The van der Waals surface area contributed by atoms with Crippen LogP contribution in [0.4, 0.5) is 0 Å². The van der Waals surface area contributed by atoms with E-state index in [2.05, 4.69) is 10.3 Å². The topological polar surface area (TPSA) is 61.7 Å². The summed E-state index contributed by atoms with van der Waals surface area (Å²) in [4.78, 5) is 15.6. The predicted octanol–water partition coefficient (Wildman–Crippen LogP) is 1.76. The highest BCUT2D eigenvalue weighted by atomic mass is 16.3. The summed E-state index contributed by atoms with van der Waals surface area (Å²) in [5.41, 5.74) is 1.33. The number of carbonyl (C=O) groups is 1. The molecular weight excluding hydrogens is 216 g/mol. The summed E-state index contributed by atoms with van der Waals surface area (Å²) in [6, 6.07) is 9.75. The number of nitrogens with one attached hydrogen (secondary N) is 1. The average molecular weight is 230 g/mol. The molecule has 1 aromatic carbocycles. The van der Waals surface area contributed by atoms with Crippen LogP contribution in [0.2, 0.25) is 0 Å². The van der Waals surface area contributed by atoms with Crippen molar-refractivity contribution < 1.29 is 9.90 Å². The van der Waals surface area contributed by atoms with Gasteiger partial charge in [-0.3, -0.25) is 9.79 Å². The Morgan fingerprint density at radius 3 is 2.71 bits per heavy atom. The Morgan fingerprint density at radius 1 is 1.41 bits per heavy atom. The van der Waals surface area contributed by atoms with E-state index < -0.39 is 0 Å². The second kappa shape index (κ2) is 4.82. The van der Waals surface area contributed by atoms with Gasteiger partial charge in [0.05, 0.1) is 18.2 Å². The Hall–Kier alpha value is -2.10. The molecule has 0 fully saturated rings. The molecule has 2 N–H and O–H groups in total. The fourth-order valence-electron chi connectivity index (χ4n) is 1.62. The zero-order valence-electron chi connectivity index (χ0n) is 9.55. The number of amides is 1. The first-order valence-corrected chi connectivity index (χ1v) is 5.47. The highest BCUT2D eigenvalue weighted by Crippen LogP contribution is 2.16. The van der Waals surface area contributed by atoms with Crippen molar-refractivity contribution in [1.29, 1.82) is 0 Å². The first-order chi connectivity index (χ1) is 8.18. The molecule has 0 radical (unpaired) electrons. The average Bonchev–Trinajstić information content (AvgIpc) is 2.67. The van der Waals surface area contributed by atoms with E-state index in [1.54, 1.807) is 0 Å². The van der Waals surface area contributed by atoms with Crippen molar-refractivity contribution in [2.75, 3.05) is 6.54 Å². The van der Waals surface area contributed by atoms with Crippen LogP contribution in [0.1, 0.15) is 18.5 Å². The Labute approximate surface area is 99.7 Å². The first-order valence-electron chi connectivity index (χ1n) is 5.47. The first kappa shape index (κ1) is 11.4. The monoisotopic (exact) mass is 230 g/mol. The normalized spacial score (nSPS) is 17.6. The van der Waals surface area contributed by atoms with E-state index in [1.165, 1.54) is 6.21 Å². The molecule has 1 atom stereocenters. The van der Waals surface area contributed by atoms with E-state index in [-0.39, 0.29) is 29.8 Å². The number of aliphatic imine (C=N–C) groups is 1. The summed E-state index contributed by atoms with van der Waals surface area (Å²) in [5, 5.41) is 12.0. The quantitative estimate of drug-likeness (QED) is 0.777. The van der Waals surface area contributed by atoms with E-state index in [0.717, 1.165) is 5.56 Å². The summed E-state index contributed by atoms with van der Waals surface area (Å²) in [5.74, 6) is -0.217. The minimum atomic E-state index is -0.272. The fraction of sp³-hybridized carbons (Fsp3) is 0.231. The fourth-order valence-corrected chi connectivity index (χ4v) is 1.62. The number of benzene rings is 1. The number of rotatable bonds is 3. The largest absolute Gasteiger partial charge is 0.510 e. The molecule has 0 spiro atoms. The molecule has 4 nitrogen and oxygen atoms in total. The third-order valence-corrected chi connectivity index (χ3v) is 2.68. The van der Waals surface area contributed by atoms with Crippen LogP contribution in [-0.4, -0.2) is 23.8 Å². The maximum absolute atomic E-state index is 11.3. The maximum atomic E-state index is 11.3. The highest BCUT2D eigenvalue weighted by Gasteiger charge is 2.20. The minimum Gasteiger partial charge on any atom is -0.510 e. The lowest BCUT2D eigenvalue weighted by Crippen LogP contribution is -2.17. The third-order valence-electron chi connectivity index (χ3n) is 2.68. The standard InChI is InChI=1S/C13H14N2O2/c1-9(10-5-3-2-4-6-10)14-7-11-12(16)8-15-13(11)17/h2-7,9,16H,8H2,1H3,(H,15,17)/t9-/m1/s1. The molecule has 0 saturated carbocycles. The number of aliphatic hydroxyl groups is 1. The van der Waals surface area contributed by atoms with Gasteiger partial charge in [0.15, 0.2) is 0 Å². The van der Waals surface area contributed by atoms with Gasteiger partial charge in [0.2, 0.25) is 0 Å². The van der Waals surface area contributed by atoms with E-state index in [0.29, 0.717) is 0 Å². The zero-order valence-corrected chi connectivity index (χ0v) is 9.55. The third kappa shape index (κ3) is 2.53. The smallest absolute Gasteiger partial charge is 0.256 e. The number of nitrogens with zero attached hydrogens (tertiary/aromatic N) is 1. The molecule has 0 saturated heterocycles. The number of aliphatic hydroxyl groups excluding tert-OH is 1. The van der Waals surface area contributed by atoms with Gasteiger partial charge in [-0.15, -0.1) is 0 Å². The summed E-state index contributed by atoms with van der Waals surface area (Å²) < 4.78 is 0. The van der Waals surface area contributed by atoms with Gasteiger partial charge in [-0.05, 0) is 12.5 Å². The summed E-state index contributed by atoms with van der Waals surface area (Å²) in [7, 11) is 0. The molecule has 0 bridgehead atoms. The molecule has 1 heterocycles. The van der Waals surface area contributed by atoms with Crippen molar-refractivity contribution in [3.05, 3.63) is 47.2 Å². The molecule has 17 heavy (non-hydrogen) atoms. The van der Waals surface area contributed by atoms with E-state index in [4.69, 9.17) is 0 Å². The van der Waals surface area contributed by atoms with Gasteiger partial charge in [-0.25, -0.2) is 0 Å². The van der Waals surface area contributed by atoms with Crippen molar-refractivity contribution in [3.8, 4) is 0 Å². The van der Waals surface area contributed by atoms with Gasteiger partial charge in [-0.1, -0.05) is 30.3 Å². The second-order valence-corrected chi connectivity index (χ2v) is 3.91. The molecule has 1 aromatic rings. The van der Waals surface area contributed by atoms with Crippen LogP contribution in [0.3, 0.4) is 0 Å². The summed E-state index contributed by atoms with van der Waals surface area (Å²) >= 11 is 0. The molecule has 4 heteroatoms. The second-order valence-electron chi connectivity index (χ2n) is 3.91. The highest BCUT2D eigenvalue weighted by molar-refractivity contribution is 6.14. The molecule has 0 unspecified atom stereocenters. The van der Waals surface area contributed by atoms with Crippen LogP contribution in [0.15, 0.2) is 46.7 Å². The van der Waals surface area contributed by atoms with Crippen LogP contribution < -0.4 is 5.32 Å². The maximum Gasteiger partial charge on any atom is 0.256 e. The summed E-state index contributed by atoms with van der Waals surface area (Å²) in [6.07, 6.45) is 1.44. The van der Waals surface area contributed by atoms with Crippen LogP contribution in [-0.2, 0) is 4.79 Å². The van der Waals surface area contributed by atoms with Crippen molar-refractivity contribution in [1.82, 2.24) is 5.32 Å². The number of carbonyl (C=O) groups excluding carboxylic acids is 1. The summed E-state index contributed by atoms with van der Waals surface area (Å²) in [6.45, 7) is 2.14. The lowest BCUT2D eigenvalue weighted by molar-refractivity contribution is -0.116. The Morgan fingerprint density at radius 2 is 2.12 bits per heavy atom. The molecule has 1 amide bonds. The minimum absolute atomic E-state index is 0.0371. The molecule has 88 valence electrons. The lowest BCUT2D eigenvalue weighted by Gasteiger charge is -2.05. The van der Waals surface area contributed by atoms with Gasteiger partial charge in [0.25, 0.3) is 5.91 Å². The number of hydrogen-bond acceptors (Lipinski definition) is 3. The van der Waals surface area contributed by atoms with Gasteiger partial charge in [0, 0.05) is 6.21 Å². The van der Waals surface area contributed by atoms with Crippen LogP contribution >= 0.6 is 0 Å². The molecule has 0 aromatic heterocycles. The van der Waals surface area contributed by atoms with Gasteiger partial charge in [0.1, 0.15) is 5.76 Å². The molecule has 0 aliphatic carbocycles. The van der Waals surface area contributed by atoms with Crippen LogP contribution in [0, 0.1) is 0 Å². The number of hydrogen-bond donors (Lipinski definition) is 2. The van der Waals surface area contributed by atoms with Crippen LogP contribution in [0.25, 0.3) is 0 Å². The van der Waals surface area contributed by atoms with Gasteiger partial charge in [-0.2, -0.15) is 0 Å². The van der Waals surface area contributed by atoms with Crippen molar-refractivity contribution in [2.45, 2.75) is 13.0 Å². The zero-order chi connectivity index (χ0) is 12.3. The Kier molecular flexibility index (Phi) is 3.23. The molecule has 1 aliphatic rings. The van der Waals surface area contributed by atoms with E-state index in [9.17, 15) is 9.90 Å². The SMILES string of the molecule is C[C@@H](N=CC1=C(O)CNC1=O)c1ccccc1.